The van der Waals surface area contributed by atoms with E-state index in [1.165, 1.54) is 0 Å². The maximum Gasteiger partial charge on any atom is 0.224 e. The topological polar surface area (TPSA) is 60.2 Å². The van der Waals surface area contributed by atoms with E-state index in [4.69, 9.17) is 4.74 Å². The van der Waals surface area contributed by atoms with Crippen LogP contribution >= 0.6 is 11.8 Å². The van der Waals surface area contributed by atoms with Gasteiger partial charge in [-0.05, 0) is 20.8 Å². The molecule has 140 valence electrons. The largest absolute Gasteiger partial charge is 0.374 e. The molecule has 1 atom stereocenters. The third-order valence-corrected chi connectivity index (χ3v) is 5.63. The number of benzene rings is 1. The summed E-state index contributed by atoms with van der Waals surface area (Å²) < 4.78 is 7.66. The summed E-state index contributed by atoms with van der Waals surface area (Å²) in [4.78, 5) is 14.6. The highest BCUT2D eigenvalue weighted by molar-refractivity contribution is 7.99. The van der Waals surface area contributed by atoms with Crippen LogP contribution in [-0.2, 0) is 16.6 Å². The Balaban J connectivity index is 1.58. The molecular weight excluding hydrogens is 348 g/mol. The monoisotopic (exact) mass is 374 g/mol. The standard InChI is InChI=1S/C19H26N4O2S/c1-14-12-23(19(2,3)13-25-14)16(24)10-11-26-18-21-20-17(22(18)4)15-8-6-5-7-9-15/h5-9,14H,10-13H2,1-4H3. The lowest BCUT2D eigenvalue weighted by atomic mass is 10.0. The van der Waals surface area contributed by atoms with Crippen molar-refractivity contribution in [2.45, 2.75) is 44.0 Å². The van der Waals surface area contributed by atoms with Crippen LogP contribution in [0.3, 0.4) is 0 Å². The number of ether oxygens (including phenoxy) is 1. The van der Waals surface area contributed by atoms with Crippen LogP contribution in [0.5, 0.6) is 0 Å². The van der Waals surface area contributed by atoms with Crippen LogP contribution in [0.4, 0.5) is 0 Å². The van der Waals surface area contributed by atoms with Gasteiger partial charge in [-0.15, -0.1) is 10.2 Å². The molecule has 1 aliphatic heterocycles. The smallest absolute Gasteiger partial charge is 0.224 e. The fraction of sp³-hybridized carbons (Fsp3) is 0.526. The maximum atomic E-state index is 12.7. The number of amides is 1. The van der Waals surface area contributed by atoms with Gasteiger partial charge in [-0.25, -0.2) is 0 Å². The molecule has 0 spiro atoms. The molecule has 2 heterocycles. The average molecular weight is 375 g/mol. The van der Waals surface area contributed by atoms with Crippen molar-refractivity contribution in [1.82, 2.24) is 19.7 Å². The van der Waals surface area contributed by atoms with Crippen molar-refractivity contribution in [3.8, 4) is 11.4 Å². The number of aromatic nitrogens is 3. The Labute approximate surface area is 158 Å². The summed E-state index contributed by atoms with van der Waals surface area (Å²) in [5.74, 6) is 1.69. The van der Waals surface area contributed by atoms with Crippen LogP contribution in [-0.4, -0.2) is 56.1 Å². The van der Waals surface area contributed by atoms with Gasteiger partial charge in [0, 0.05) is 31.3 Å². The first-order valence-electron chi connectivity index (χ1n) is 8.88. The fourth-order valence-electron chi connectivity index (χ4n) is 3.06. The normalized spacial score (nSPS) is 19.5. The third kappa shape index (κ3) is 4.10. The summed E-state index contributed by atoms with van der Waals surface area (Å²) >= 11 is 1.57. The number of hydrogen-bond acceptors (Lipinski definition) is 5. The first kappa shape index (κ1) is 18.9. The predicted molar refractivity (Wildman–Crippen MR) is 103 cm³/mol. The molecular formula is C19H26N4O2S. The van der Waals surface area contributed by atoms with Crippen LogP contribution in [0.1, 0.15) is 27.2 Å². The molecule has 0 saturated carbocycles. The summed E-state index contributed by atoms with van der Waals surface area (Å²) in [5.41, 5.74) is 0.786. The van der Waals surface area contributed by atoms with E-state index in [9.17, 15) is 4.79 Å². The minimum absolute atomic E-state index is 0.0896. The number of carbonyl (C=O) groups excluding carboxylic acids is 1. The highest BCUT2D eigenvalue weighted by Crippen LogP contribution is 2.25. The SMILES string of the molecule is CC1CN(C(=O)CCSc2nnc(-c3ccccc3)n2C)C(C)(C)CO1. The molecule has 0 aliphatic carbocycles. The Kier molecular flexibility index (Phi) is 5.67. The summed E-state index contributed by atoms with van der Waals surface area (Å²) in [5, 5.41) is 9.39. The van der Waals surface area contributed by atoms with E-state index in [1.54, 1.807) is 11.8 Å². The molecule has 6 nitrogen and oxygen atoms in total. The Morgan fingerprint density at radius 2 is 2.04 bits per heavy atom. The summed E-state index contributed by atoms with van der Waals surface area (Å²) in [6.45, 7) is 7.35. The van der Waals surface area contributed by atoms with Crippen molar-refractivity contribution < 1.29 is 9.53 Å². The van der Waals surface area contributed by atoms with E-state index < -0.39 is 0 Å². The van der Waals surface area contributed by atoms with Gasteiger partial charge in [0.05, 0.1) is 18.2 Å². The molecule has 1 fully saturated rings. The number of rotatable bonds is 5. The lowest BCUT2D eigenvalue weighted by molar-refractivity contribution is -0.152. The lowest BCUT2D eigenvalue weighted by Gasteiger charge is -2.44. The van der Waals surface area contributed by atoms with E-state index in [2.05, 4.69) is 24.0 Å². The van der Waals surface area contributed by atoms with Crippen molar-refractivity contribution in [3.05, 3.63) is 30.3 Å². The third-order valence-electron chi connectivity index (χ3n) is 4.61. The number of carbonyl (C=O) groups is 1. The van der Waals surface area contributed by atoms with Gasteiger partial charge in [0.15, 0.2) is 11.0 Å². The molecule has 1 aliphatic rings. The molecule has 26 heavy (non-hydrogen) atoms. The molecule has 7 heteroatoms. The summed E-state index contributed by atoms with van der Waals surface area (Å²) in [6, 6.07) is 9.99. The van der Waals surface area contributed by atoms with E-state index in [0.717, 1.165) is 16.5 Å². The van der Waals surface area contributed by atoms with Crippen LogP contribution in [0.2, 0.25) is 0 Å². The molecule has 1 unspecified atom stereocenters. The van der Waals surface area contributed by atoms with Crippen LogP contribution in [0, 0.1) is 0 Å². The second-order valence-corrected chi connectivity index (χ2v) is 8.33. The van der Waals surface area contributed by atoms with Crippen LogP contribution in [0.25, 0.3) is 11.4 Å². The zero-order valence-corrected chi connectivity index (χ0v) is 16.6. The van der Waals surface area contributed by atoms with Crippen LogP contribution in [0.15, 0.2) is 35.5 Å². The summed E-state index contributed by atoms with van der Waals surface area (Å²) in [7, 11) is 1.96. The van der Waals surface area contributed by atoms with Crippen molar-refractivity contribution in [1.29, 1.82) is 0 Å². The van der Waals surface area contributed by atoms with Crippen LogP contribution < -0.4 is 0 Å². The predicted octanol–water partition coefficient (Wildman–Crippen LogP) is 2.99. The Morgan fingerprint density at radius 3 is 2.77 bits per heavy atom. The molecule has 1 amide bonds. The molecule has 0 radical (unpaired) electrons. The van der Waals surface area contributed by atoms with Crippen molar-refractivity contribution in [3.63, 3.8) is 0 Å². The zero-order chi connectivity index (χ0) is 18.7. The molecule has 2 aromatic rings. The number of hydrogen-bond donors (Lipinski definition) is 0. The first-order chi connectivity index (χ1) is 12.4. The molecule has 3 rings (SSSR count). The van der Waals surface area contributed by atoms with Gasteiger partial charge in [0.25, 0.3) is 0 Å². The van der Waals surface area contributed by atoms with Gasteiger partial charge in [-0.2, -0.15) is 0 Å². The van der Waals surface area contributed by atoms with Gasteiger partial charge in [-0.3, -0.25) is 4.79 Å². The van der Waals surface area contributed by atoms with E-state index >= 15 is 0 Å². The minimum atomic E-state index is -0.250. The lowest BCUT2D eigenvalue weighted by Crippen LogP contribution is -2.57. The van der Waals surface area contributed by atoms with E-state index in [0.29, 0.717) is 25.3 Å². The highest BCUT2D eigenvalue weighted by atomic mass is 32.2. The Morgan fingerprint density at radius 1 is 1.31 bits per heavy atom. The van der Waals surface area contributed by atoms with Crippen molar-refractivity contribution in [2.75, 3.05) is 18.9 Å². The van der Waals surface area contributed by atoms with Crippen molar-refractivity contribution in [2.24, 2.45) is 7.05 Å². The second kappa shape index (κ2) is 7.80. The molecule has 1 saturated heterocycles. The van der Waals surface area contributed by atoms with E-state index in [1.807, 2.05) is 53.8 Å². The Bertz CT molecular complexity index is 760. The zero-order valence-electron chi connectivity index (χ0n) is 15.8. The second-order valence-electron chi connectivity index (χ2n) is 7.27. The summed E-state index contributed by atoms with van der Waals surface area (Å²) in [6.07, 6.45) is 0.570. The Hall–Kier alpha value is -1.86. The highest BCUT2D eigenvalue weighted by Gasteiger charge is 2.36. The van der Waals surface area contributed by atoms with E-state index in [-0.39, 0.29) is 17.6 Å². The number of nitrogens with zero attached hydrogens (tertiary/aromatic N) is 4. The molecule has 1 aromatic heterocycles. The quantitative estimate of drug-likeness (QED) is 0.753. The maximum absolute atomic E-state index is 12.7. The molecule has 0 N–H and O–H groups in total. The van der Waals surface area contributed by atoms with Gasteiger partial charge in [0.2, 0.25) is 5.91 Å². The average Bonchev–Trinajstić information content (AvgIpc) is 2.98. The first-order valence-corrected chi connectivity index (χ1v) is 9.87. The van der Waals surface area contributed by atoms with Gasteiger partial charge < -0.3 is 14.2 Å². The number of thioether (sulfide) groups is 1. The minimum Gasteiger partial charge on any atom is -0.374 e. The van der Waals surface area contributed by atoms with Crippen molar-refractivity contribution >= 4 is 17.7 Å². The fourth-order valence-corrected chi connectivity index (χ4v) is 3.90. The molecule has 1 aromatic carbocycles. The van der Waals surface area contributed by atoms with Gasteiger partial charge in [-0.1, -0.05) is 42.1 Å². The van der Waals surface area contributed by atoms with Gasteiger partial charge >= 0.3 is 0 Å². The van der Waals surface area contributed by atoms with Gasteiger partial charge in [0.1, 0.15) is 0 Å². The number of morpholine rings is 1. The molecule has 0 bridgehead atoms.